The molecule has 1 aromatic heterocycles. The van der Waals surface area contributed by atoms with Crippen molar-refractivity contribution in [3.8, 4) is 5.75 Å². The number of anilines is 1. The number of amides is 1. The van der Waals surface area contributed by atoms with Gasteiger partial charge in [-0.1, -0.05) is 30.7 Å². The first kappa shape index (κ1) is 32.4. The fourth-order valence-electron chi connectivity index (χ4n) is 7.89. The Labute approximate surface area is 285 Å². The molecule has 4 unspecified atom stereocenters. The predicted molar refractivity (Wildman–Crippen MR) is 185 cm³/mol. The number of hydrogen-bond donors (Lipinski definition) is 1. The van der Waals surface area contributed by atoms with E-state index in [2.05, 4.69) is 39.5 Å². The molecule has 2 bridgehead atoms. The first-order valence-electron chi connectivity index (χ1n) is 16.8. The van der Waals surface area contributed by atoms with Gasteiger partial charge in [-0.05, 0) is 123 Å². The topological polar surface area (TPSA) is 76.6 Å². The van der Waals surface area contributed by atoms with Crippen LogP contribution in [-0.2, 0) is 23.2 Å². The van der Waals surface area contributed by atoms with E-state index < -0.39 is 5.41 Å². The number of benzene rings is 2. The molecule has 47 heavy (non-hydrogen) atoms. The maximum Gasteiger partial charge on any atom is 0.261 e. The maximum atomic E-state index is 15.4. The number of halogens is 2. The number of carbonyl (C=O) groups is 1. The summed E-state index contributed by atoms with van der Waals surface area (Å²) < 4.78 is 31.8. The van der Waals surface area contributed by atoms with Crippen LogP contribution in [0.25, 0.3) is 0 Å². The molecular weight excluding hydrogens is 635 g/mol. The second kappa shape index (κ2) is 13.8. The molecule has 2 aliphatic heterocycles. The van der Waals surface area contributed by atoms with Crippen LogP contribution in [0.3, 0.4) is 0 Å². The highest BCUT2D eigenvalue weighted by Gasteiger charge is 2.45. The number of fused-ring (bicyclic) bond motifs is 4. The van der Waals surface area contributed by atoms with Crippen molar-refractivity contribution >= 4 is 35.1 Å². The SMILES string of the molecule is C/C1=C\CCC(C)SNC(=O)c2ccc3c(c2)N(C[C@@H]2CCC2C1OCc1ncccn1)CC1(CCCc2c1ccc(Cl)c2F)CO3. The summed E-state index contributed by atoms with van der Waals surface area (Å²) >= 11 is 7.73. The molecule has 2 aliphatic carbocycles. The molecule has 10 heteroatoms. The largest absolute Gasteiger partial charge is 0.490 e. The highest BCUT2D eigenvalue weighted by molar-refractivity contribution is 7.98. The fraction of sp³-hybridized carbons (Fsp3) is 0.486. The first-order valence-corrected chi connectivity index (χ1v) is 18.1. The molecule has 3 heterocycles. The Morgan fingerprint density at radius 1 is 1.19 bits per heavy atom. The van der Waals surface area contributed by atoms with E-state index in [1.54, 1.807) is 18.5 Å². The molecule has 5 atom stereocenters. The van der Waals surface area contributed by atoms with Crippen LogP contribution in [0.2, 0.25) is 5.02 Å². The minimum absolute atomic E-state index is 0.0530. The molecule has 7 nitrogen and oxygen atoms in total. The molecule has 2 aromatic carbocycles. The van der Waals surface area contributed by atoms with Gasteiger partial charge in [0.2, 0.25) is 0 Å². The molecule has 248 valence electrons. The highest BCUT2D eigenvalue weighted by atomic mass is 35.5. The molecule has 1 spiro atoms. The van der Waals surface area contributed by atoms with Crippen LogP contribution in [0, 0.1) is 17.7 Å². The number of ether oxygens (including phenoxy) is 2. The van der Waals surface area contributed by atoms with E-state index in [1.807, 2.05) is 30.3 Å². The molecule has 7 rings (SSSR count). The van der Waals surface area contributed by atoms with Crippen molar-refractivity contribution in [2.45, 2.75) is 82.2 Å². The van der Waals surface area contributed by atoms with Gasteiger partial charge in [0.05, 0.1) is 23.4 Å². The summed E-state index contributed by atoms with van der Waals surface area (Å²) in [6.45, 7) is 6.55. The van der Waals surface area contributed by atoms with Gasteiger partial charge >= 0.3 is 0 Å². The summed E-state index contributed by atoms with van der Waals surface area (Å²) in [5.41, 5.74) is 4.03. The third-order valence-electron chi connectivity index (χ3n) is 10.6. The van der Waals surface area contributed by atoms with Crippen LogP contribution in [0.4, 0.5) is 10.1 Å². The summed E-state index contributed by atoms with van der Waals surface area (Å²) in [5, 5.41) is 0.407. The van der Waals surface area contributed by atoms with Crippen LogP contribution in [0.5, 0.6) is 5.75 Å². The number of hydrogen-bond acceptors (Lipinski definition) is 7. The van der Waals surface area contributed by atoms with Gasteiger partial charge in [-0.2, -0.15) is 0 Å². The molecular formula is C37H42ClFN4O3S. The summed E-state index contributed by atoms with van der Waals surface area (Å²) in [5.74, 6) is 1.68. The zero-order valence-electron chi connectivity index (χ0n) is 27.0. The first-order chi connectivity index (χ1) is 22.8. The van der Waals surface area contributed by atoms with Crippen LogP contribution >= 0.6 is 23.5 Å². The van der Waals surface area contributed by atoms with Crippen molar-refractivity contribution in [2.75, 3.05) is 24.6 Å². The molecule has 1 amide bonds. The van der Waals surface area contributed by atoms with Gasteiger partial charge in [0, 0.05) is 41.7 Å². The lowest BCUT2D eigenvalue weighted by molar-refractivity contribution is -0.0313. The second-order valence-electron chi connectivity index (χ2n) is 13.7. The summed E-state index contributed by atoms with van der Waals surface area (Å²) in [6.07, 6.45) is 12.2. The zero-order valence-corrected chi connectivity index (χ0v) is 28.6. The van der Waals surface area contributed by atoms with Crippen LogP contribution in [0.1, 0.15) is 79.7 Å². The third-order valence-corrected chi connectivity index (χ3v) is 11.8. The highest BCUT2D eigenvalue weighted by Crippen LogP contribution is 2.48. The van der Waals surface area contributed by atoms with E-state index in [9.17, 15) is 4.79 Å². The van der Waals surface area contributed by atoms with Crippen molar-refractivity contribution in [3.05, 3.63) is 93.8 Å². The Kier molecular flexibility index (Phi) is 9.49. The van der Waals surface area contributed by atoms with Crippen molar-refractivity contribution < 1.29 is 18.7 Å². The average molecular weight is 677 g/mol. The van der Waals surface area contributed by atoms with Gasteiger partial charge in [0.15, 0.2) is 5.82 Å². The summed E-state index contributed by atoms with van der Waals surface area (Å²) in [7, 11) is 0. The molecule has 0 saturated heterocycles. The smallest absolute Gasteiger partial charge is 0.261 e. The number of rotatable bonds is 3. The minimum atomic E-state index is -0.414. The second-order valence-corrected chi connectivity index (χ2v) is 15.3. The Bertz CT molecular complexity index is 1660. The summed E-state index contributed by atoms with van der Waals surface area (Å²) in [6, 6.07) is 11.3. The van der Waals surface area contributed by atoms with Crippen LogP contribution in [-0.4, -0.2) is 46.9 Å². The molecule has 0 radical (unpaired) electrons. The van der Waals surface area contributed by atoms with Gasteiger partial charge in [0.1, 0.15) is 18.2 Å². The Balaban J connectivity index is 1.26. The minimum Gasteiger partial charge on any atom is -0.490 e. The van der Waals surface area contributed by atoms with Gasteiger partial charge in [0.25, 0.3) is 5.91 Å². The molecule has 1 saturated carbocycles. The van der Waals surface area contributed by atoms with Crippen LogP contribution in [0.15, 0.2) is 60.4 Å². The van der Waals surface area contributed by atoms with Gasteiger partial charge in [-0.3, -0.25) is 9.52 Å². The number of aromatic nitrogens is 2. The lowest BCUT2D eigenvalue weighted by Gasteiger charge is -2.46. The monoisotopic (exact) mass is 676 g/mol. The number of allylic oxidation sites excluding steroid dienone is 1. The number of nitrogens with one attached hydrogen (secondary N) is 1. The molecule has 1 N–H and O–H groups in total. The van der Waals surface area contributed by atoms with E-state index in [0.29, 0.717) is 55.0 Å². The van der Waals surface area contributed by atoms with Crippen molar-refractivity contribution in [1.29, 1.82) is 0 Å². The van der Waals surface area contributed by atoms with Crippen molar-refractivity contribution in [2.24, 2.45) is 11.8 Å². The van der Waals surface area contributed by atoms with Gasteiger partial charge < -0.3 is 14.4 Å². The number of nitrogens with zero attached hydrogens (tertiary/aromatic N) is 3. The number of carbonyl (C=O) groups excluding carboxylic acids is 1. The van der Waals surface area contributed by atoms with E-state index in [4.69, 9.17) is 21.1 Å². The van der Waals surface area contributed by atoms with E-state index in [0.717, 1.165) is 62.1 Å². The Hall–Kier alpha value is -3.14. The zero-order chi connectivity index (χ0) is 32.5. The summed E-state index contributed by atoms with van der Waals surface area (Å²) in [4.78, 5) is 24.6. The normalized spacial score (nSPS) is 28.9. The molecule has 3 aromatic rings. The lowest BCUT2D eigenvalue weighted by atomic mass is 9.67. The maximum absolute atomic E-state index is 15.4. The lowest BCUT2D eigenvalue weighted by Crippen LogP contribution is -2.50. The van der Waals surface area contributed by atoms with E-state index in [1.165, 1.54) is 17.5 Å². The van der Waals surface area contributed by atoms with E-state index >= 15 is 4.39 Å². The Morgan fingerprint density at radius 2 is 2.04 bits per heavy atom. The van der Waals surface area contributed by atoms with Crippen molar-refractivity contribution in [1.82, 2.24) is 14.7 Å². The Morgan fingerprint density at radius 3 is 2.85 bits per heavy atom. The fourth-order valence-corrected chi connectivity index (χ4v) is 8.74. The standard InChI is InChI=1S/C37H42ClFN4O3S/c1-23-6-3-7-24(2)47-42-36(44)25-10-14-32-31(18-25)43(19-26-9-11-27(26)35(23)45-20-33-40-16-5-17-41-33)21-37(22-46-32)15-4-8-28-29(37)12-13-30(38)34(28)39/h5-6,10,12-14,16-18,24,26-27,35H,3-4,7-9,11,15,19-22H2,1-2H3,(H,42,44)/b23-6+/t24?,26-,27?,35?,37?/m0/s1. The van der Waals surface area contributed by atoms with Gasteiger partial charge in [-0.25, -0.2) is 14.4 Å². The predicted octanol–water partition coefficient (Wildman–Crippen LogP) is 7.86. The quantitative estimate of drug-likeness (QED) is 0.224. The van der Waals surface area contributed by atoms with Crippen molar-refractivity contribution in [3.63, 3.8) is 0 Å². The third kappa shape index (κ3) is 6.63. The van der Waals surface area contributed by atoms with Crippen LogP contribution < -0.4 is 14.4 Å². The average Bonchev–Trinajstić information content (AvgIpc) is 3.22. The molecule has 4 aliphatic rings. The molecule has 1 fully saturated rings. The van der Waals surface area contributed by atoms with E-state index in [-0.39, 0.29) is 28.1 Å². The van der Waals surface area contributed by atoms with Gasteiger partial charge in [-0.15, -0.1) is 0 Å².